The lowest BCUT2D eigenvalue weighted by atomic mass is 10.1. The van der Waals surface area contributed by atoms with Crippen LogP contribution < -0.4 is 0 Å². The van der Waals surface area contributed by atoms with Crippen LogP contribution in [0.3, 0.4) is 0 Å². The van der Waals surface area contributed by atoms with E-state index in [1.54, 1.807) is 30.0 Å². The molecule has 0 saturated heterocycles. The molecule has 4 heteroatoms. The number of ether oxygens (including phenoxy) is 1. The lowest BCUT2D eigenvalue weighted by Gasteiger charge is -2.23. The van der Waals surface area contributed by atoms with Crippen molar-refractivity contribution in [3.8, 4) is 0 Å². The summed E-state index contributed by atoms with van der Waals surface area (Å²) in [5.41, 5.74) is 0.0990. The molecule has 15 heavy (non-hydrogen) atoms. The van der Waals surface area contributed by atoms with Crippen molar-refractivity contribution >= 4 is 5.97 Å². The summed E-state index contributed by atoms with van der Waals surface area (Å²) in [5.74, 6) is -0.893. The highest BCUT2D eigenvalue weighted by Gasteiger charge is 2.17. The number of rotatable bonds is 5. The Hall–Kier alpha value is -1.29. The van der Waals surface area contributed by atoms with Crippen LogP contribution in [-0.2, 0) is 11.3 Å². The van der Waals surface area contributed by atoms with E-state index < -0.39 is 5.97 Å². The first-order valence-corrected chi connectivity index (χ1v) is 4.90. The van der Waals surface area contributed by atoms with Gasteiger partial charge in [0, 0.05) is 19.9 Å². The fourth-order valence-electron chi connectivity index (χ4n) is 1.29. The van der Waals surface area contributed by atoms with Gasteiger partial charge in [0.2, 0.25) is 0 Å². The minimum atomic E-state index is -0.893. The number of hydrogen-bond donors (Lipinski definition) is 1. The Bertz CT molecular complexity index is 341. The molecule has 0 amide bonds. The number of carboxylic acids is 1. The van der Waals surface area contributed by atoms with Crippen LogP contribution in [0.5, 0.6) is 0 Å². The second-order valence-corrected chi connectivity index (χ2v) is 4.11. The molecular weight excluding hydrogens is 194 g/mol. The summed E-state index contributed by atoms with van der Waals surface area (Å²) < 4.78 is 7.00. The van der Waals surface area contributed by atoms with Crippen molar-refractivity contribution in [1.29, 1.82) is 0 Å². The molecule has 0 aliphatic heterocycles. The van der Waals surface area contributed by atoms with Gasteiger partial charge < -0.3 is 14.4 Å². The van der Waals surface area contributed by atoms with Crippen molar-refractivity contribution < 1.29 is 14.6 Å². The molecule has 1 N–H and O–H groups in total. The molecule has 84 valence electrons. The number of aryl methyl sites for hydroxylation is 1. The fraction of sp³-hybridized carbons (Fsp3) is 0.545. The Morgan fingerprint density at radius 2 is 2.27 bits per heavy atom. The zero-order valence-electron chi connectivity index (χ0n) is 9.36. The van der Waals surface area contributed by atoms with Crippen molar-refractivity contribution in [3.05, 3.63) is 24.0 Å². The first-order valence-electron chi connectivity index (χ1n) is 4.90. The molecule has 1 rings (SSSR count). The van der Waals surface area contributed by atoms with Gasteiger partial charge in [0.1, 0.15) is 5.69 Å². The Kier molecular flexibility index (Phi) is 3.52. The largest absolute Gasteiger partial charge is 0.477 e. The third-order valence-electron chi connectivity index (χ3n) is 2.56. The molecular formula is C11H17NO3. The highest BCUT2D eigenvalue weighted by Crippen LogP contribution is 2.15. The molecule has 0 fully saturated rings. The van der Waals surface area contributed by atoms with E-state index in [0.29, 0.717) is 12.2 Å². The topological polar surface area (TPSA) is 51.5 Å². The molecule has 1 heterocycles. The van der Waals surface area contributed by atoms with Gasteiger partial charge in [-0.1, -0.05) is 0 Å². The van der Waals surface area contributed by atoms with E-state index in [1.807, 2.05) is 13.8 Å². The molecule has 0 radical (unpaired) electrons. The number of aromatic nitrogens is 1. The number of carbonyl (C=O) groups is 1. The van der Waals surface area contributed by atoms with E-state index in [0.717, 1.165) is 6.42 Å². The van der Waals surface area contributed by atoms with Crippen molar-refractivity contribution in [3.63, 3.8) is 0 Å². The van der Waals surface area contributed by atoms with Crippen LogP contribution in [0.15, 0.2) is 18.3 Å². The first-order chi connectivity index (χ1) is 6.96. The predicted molar refractivity (Wildman–Crippen MR) is 57.1 cm³/mol. The average Bonchev–Trinajstić information content (AvgIpc) is 2.63. The molecule has 0 aliphatic rings. The first kappa shape index (κ1) is 11.8. The average molecular weight is 211 g/mol. The number of nitrogens with zero attached hydrogens (tertiary/aromatic N) is 1. The standard InChI is InChI=1S/C11H17NO3/c1-11(2,15-3)6-8-12-7-4-5-9(12)10(13)14/h4-5,7H,6,8H2,1-3H3,(H,13,14). The van der Waals surface area contributed by atoms with Crippen molar-refractivity contribution in [2.45, 2.75) is 32.4 Å². The maximum Gasteiger partial charge on any atom is 0.352 e. The third kappa shape index (κ3) is 3.09. The van der Waals surface area contributed by atoms with E-state index in [-0.39, 0.29) is 5.60 Å². The van der Waals surface area contributed by atoms with Gasteiger partial charge in [-0.05, 0) is 32.4 Å². The minimum Gasteiger partial charge on any atom is -0.477 e. The molecule has 1 aromatic rings. The molecule has 0 aliphatic carbocycles. The van der Waals surface area contributed by atoms with Gasteiger partial charge in [0.25, 0.3) is 0 Å². The van der Waals surface area contributed by atoms with Gasteiger partial charge in [-0.25, -0.2) is 4.79 Å². The van der Waals surface area contributed by atoms with Gasteiger partial charge in [-0.15, -0.1) is 0 Å². The molecule has 0 saturated carbocycles. The maximum absolute atomic E-state index is 10.8. The SMILES string of the molecule is COC(C)(C)CCn1cccc1C(=O)O. The molecule has 0 aromatic carbocycles. The Morgan fingerprint density at radius 1 is 1.60 bits per heavy atom. The Labute approximate surface area is 89.5 Å². The number of hydrogen-bond acceptors (Lipinski definition) is 2. The molecule has 1 aromatic heterocycles. The summed E-state index contributed by atoms with van der Waals surface area (Å²) in [6.45, 7) is 4.61. The molecule has 0 bridgehead atoms. The van der Waals surface area contributed by atoms with Crippen molar-refractivity contribution in [1.82, 2.24) is 4.57 Å². The minimum absolute atomic E-state index is 0.222. The van der Waals surface area contributed by atoms with Gasteiger partial charge in [0.05, 0.1) is 5.60 Å². The molecule has 0 atom stereocenters. The van der Waals surface area contributed by atoms with Crippen LogP contribution in [0.2, 0.25) is 0 Å². The van der Waals surface area contributed by atoms with E-state index >= 15 is 0 Å². The van der Waals surface area contributed by atoms with Crippen LogP contribution in [0.1, 0.15) is 30.8 Å². The fourth-order valence-corrected chi connectivity index (χ4v) is 1.29. The summed E-state index contributed by atoms with van der Waals surface area (Å²) in [5, 5.41) is 8.89. The van der Waals surface area contributed by atoms with Crippen LogP contribution in [0.25, 0.3) is 0 Å². The summed E-state index contributed by atoms with van der Waals surface area (Å²) >= 11 is 0. The summed E-state index contributed by atoms with van der Waals surface area (Å²) in [4.78, 5) is 10.8. The Morgan fingerprint density at radius 3 is 2.80 bits per heavy atom. The molecule has 4 nitrogen and oxygen atoms in total. The highest BCUT2D eigenvalue weighted by molar-refractivity contribution is 5.85. The highest BCUT2D eigenvalue weighted by atomic mass is 16.5. The van der Waals surface area contributed by atoms with E-state index in [1.165, 1.54) is 0 Å². The summed E-state index contributed by atoms with van der Waals surface area (Å²) in [6, 6.07) is 3.34. The van der Waals surface area contributed by atoms with Crippen LogP contribution in [-0.4, -0.2) is 28.4 Å². The maximum atomic E-state index is 10.8. The second-order valence-electron chi connectivity index (χ2n) is 4.11. The number of carboxylic acid groups (broad SMARTS) is 1. The second kappa shape index (κ2) is 4.49. The van der Waals surface area contributed by atoms with Crippen LogP contribution >= 0.6 is 0 Å². The zero-order valence-corrected chi connectivity index (χ0v) is 9.36. The van der Waals surface area contributed by atoms with Gasteiger partial charge in [-0.3, -0.25) is 0 Å². The Balaban J connectivity index is 2.65. The monoisotopic (exact) mass is 211 g/mol. The smallest absolute Gasteiger partial charge is 0.352 e. The normalized spacial score (nSPS) is 11.7. The van der Waals surface area contributed by atoms with E-state index in [4.69, 9.17) is 9.84 Å². The van der Waals surface area contributed by atoms with Gasteiger partial charge in [0.15, 0.2) is 0 Å². The predicted octanol–water partition coefficient (Wildman–Crippen LogP) is 2.00. The number of aromatic carboxylic acids is 1. The molecule has 0 spiro atoms. The lowest BCUT2D eigenvalue weighted by Crippen LogP contribution is -2.25. The number of methoxy groups -OCH3 is 1. The van der Waals surface area contributed by atoms with Crippen LogP contribution in [0.4, 0.5) is 0 Å². The van der Waals surface area contributed by atoms with E-state index in [9.17, 15) is 4.79 Å². The van der Waals surface area contributed by atoms with Gasteiger partial charge in [-0.2, -0.15) is 0 Å². The van der Waals surface area contributed by atoms with Gasteiger partial charge >= 0.3 is 5.97 Å². The third-order valence-corrected chi connectivity index (χ3v) is 2.56. The van der Waals surface area contributed by atoms with Crippen molar-refractivity contribution in [2.24, 2.45) is 0 Å². The summed E-state index contributed by atoms with van der Waals surface area (Å²) in [7, 11) is 1.66. The quantitative estimate of drug-likeness (QED) is 0.810. The van der Waals surface area contributed by atoms with Crippen LogP contribution in [0, 0.1) is 0 Å². The summed E-state index contributed by atoms with van der Waals surface area (Å²) in [6.07, 6.45) is 2.55. The van der Waals surface area contributed by atoms with E-state index in [2.05, 4.69) is 0 Å². The van der Waals surface area contributed by atoms with Crippen molar-refractivity contribution in [2.75, 3.05) is 7.11 Å². The zero-order chi connectivity index (χ0) is 11.5. The lowest BCUT2D eigenvalue weighted by molar-refractivity contribution is 0.0117. The molecule has 0 unspecified atom stereocenters.